The molecule has 2 rings (SSSR count). The van der Waals surface area contributed by atoms with Crippen LogP contribution in [0, 0.1) is 6.92 Å². The van der Waals surface area contributed by atoms with Crippen molar-refractivity contribution in [3.63, 3.8) is 0 Å². The van der Waals surface area contributed by atoms with Gasteiger partial charge in [0.2, 0.25) is 10.0 Å². The first-order valence-corrected chi connectivity index (χ1v) is 7.59. The van der Waals surface area contributed by atoms with Crippen molar-refractivity contribution < 1.29 is 12.9 Å². The van der Waals surface area contributed by atoms with E-state index in [9.17, 15) is 8.42 Å². The Labute approximate surface area is 122 Å². The van der Waals surface area contributed by atoms with Crippen LogP contribution in [-0.4, -0.2) is 18.6 Å². The standard InChI is InChI=1S/C12H13N3O3S2/c1-8-6-10(2-3-11(8)12(13)19)20(16,17)15-7-9-4-5-14-18-9/h2-6,15H,7H2,1H3,(H2,13,19). The van der Waals surface area contributed by atoms with Gasteiger partial charge in [0.15, 0.2) is 5.76 Å². The zero-order valence-electron chi connectivity index (χ0n) is 10.7. The molecule has 20 heavy (non-hydrogen) atoms. The summed E-state index contributed by atoms with van der Waals surface area (Å²) in [6.07, 6.45) is 1.45. The van der Waals surface area contributed by atoms with Crippen molar-refractivity contribution in [2.24, 2.45) is 5.73 Å². The maximum atomic E-state index is 12.1. The van der Waals surface area contributed by atoms with Crippen molar-refractivity contribution in [1.29, 1.82) is 0 Å². The van der Waals surface area contributed by atoms with Crippen LogP contribution in [0.2, 0.25) is 0 Å². The van der Waals surface area contributed by atoms with E-state index in [1.54, 1.807) is 19.1 Å². The highest BCUT2D eigenvalue weighted by Crippen LogP contribution is 2.15. The average molecular weight is 311 g/mol. The van der Waals surface area contributed by atoms with Gasteiger partial charge in [0.25, 0.3) is 0 Å². The third kappa shape index (κ3) is 3.21. The van der Waals surface area contributed by atoms with Gasteiger partial charge in [-0.05, 0) is 24.6 Å². The van der Waals surface area contributed by atoms with Crippen molar-refractivity contribution in [1.82, 2.24) is 9.88 Å². The maximum Gasteiger partial charge on any atom is 0.240 e. The zero-order valence-corrected chi connectivity index (χ0v) is 12.3. The minimum atomic E-state index is -3.62. The molecule has 0 aliphatic carbocycles. The molecule has 0 spiro atoms. The molecule has 8 heteroatoms. The van der Waals surface area contributed by atoms with Crippen LogP contribution < -0.4 is 10.5 Å². The van der Waals surface area contributed by atoms with Crippen molar-refractivity contribution in [2.45, 2.75) is 18.4 Å². The Morgan fingerprint density at radius 3 is 2.75 bits per heavy atom. The van der Waals surface area contributed by atoms with Crippen LogP contribution in [0.5, 0.6) is 0 Å². The molecule has 3 N–H and O–H groups in total. The number of hydrogen-bond donors (Lipinski definition) is 2. The molecule has 0 bridgehead atoms. The number of hydrogen-bond acceptors (Lipinski definition) is 5. The van der Waals surface area contributed by atoms with E-state index in [0.29, 0.717) is 16.9 Å². The first kappa shape index (κ1) is 14.6. The van der Waals surface area contributed by atoms with Gasteiger partial charge in [-0.3, -0.25) is 0 Å². The Hall–Kier alpha value is -1.77. The lowest BCUT2D eigenvalue weighted by Gasteiger charge is -2.08. The van der Waals surface area contributed by atoms with Gasteiger partial charge in [0.1, 0.15) is 4.99 Å². The first-order valence-electron chi connectivity index (χ1n) is 5.70. The largest absolute Gasteiger partial charge is 0.389 e. The number of aryl methyl sites for hydroxylation is 1. The molecule has 1 aromatic carbocycles. The fourth-order valence-corrected chi connectivity index (χ4v) is 2.97. The molecule has 106 valence electrons. The average Bonchev–Trinajstić information content (AvgIpc) is 2.89. The molecular weight excluding hydrogens is 298 g/mol. The summed E-state index contributed by atoms with van der Waals surface area (Å²) in [4.78, 5) is 0.385. The number of nitrogens with two attached hydrogens (primary N) is 1. The van der Waals surface area contributed by atoms with E-state index in [1.807, 2.05) is 0 Å². The molecule has 1 aromatic heterocycles. The number of aromatic nitrogens is 1. The molecule has 0 amide bonds. The monoisotopic (exact) mass is 311 g/mol. The Balaban J connectivity index is 2.21. The number of thiocarbonyl (C=S) groups is 1. The summed E-state index contributed by atoms with van der Waals surface area (Å²) in [7, 11) is -3.62. The maximum absolute atomic E-state index is 12.1. The van der Waals surface area contributed by atoms with Gasteiger partial charge in [0, 0.05) is 11.6 Å². The van der Waals surface area contributed by atoms with Crippen molar-refractivity contribution >= 4 is 27.2 Å². The number of sulfonamides is 1. The minimum Gasteiger partial charge on any atom is -0.389 e. The molecule has 0 unspecified atom stereocenters. The molecule has 0 fully saturated rings. The second-order valence-corrected chi connectivity index (χ2v) is 6.35. The van der Waals surface area contributed by atoms with E-state index >= 15 is 0 Å². The Morgan fingerprint density at radius 2 is 2.20 bits per heavy atom. The molecule has 2 aromatic rings. The van der Waals surface area contributed by atoms with Crippen molar-refractivity contribution in [2.75, 3.05) is 0 Å². The van der Waals surface area contributed by atoms with E-state index in [0.717, 1.165) is 0 Å². The molecular formula is C12H13N3O3S2. The fraction of sp³-hybridized carbons (Fsp3) is 0.167. The number of nitrogens with one attached hydrogen (secondary N) is 1. The Morgan fingerprint density at radius 1 is 1.45 bits per heavy atom. The summed E-state index contributed by atoms with van der Waals surface area (Å²) in [6.45, 7) is 1.79. The van der Waals surface area contributed by atoms with Crippen LogP contribution in [0.25, 0.3) is 0 Å². The smallest absolute Gasteiger partial charge is 0.240 e. The van der Waals surface area contributed by atoms with E-state index in [4.69, 9.17) is 22.5 Å². The summed E-state index contributed by atoms with van der Waals surface area (Å²) in [5, 5.41) is 3.50. The van der Waals surface area contributed by atoms with Gasteiger partial charge in [-0.25, -0.2) is 13.1 Å². The lowest BCUT2D eigenvalue weighted by Crippen LogP contribution is -2.23. The molecule has 0 atom stereocenters. The van der Waals surface area contributed by atoms with Gasteiger partial charge < -0.3 is 10.3 Å². The van der Waals surface area contributed by atoms with E-state index in [1.165, 1.54) is 18.3 Å². The quantitative estimate of drug-likeness (QED) is 0.802. The van der Waals surface area contributed by atoms with E-state index in [-0.39, 0.29) is 16.4 Å². The molecule has 1 heterocycles. The van der Waals surface area contributed by atoms with E-state index < -0.39 is 10.0 Å². The van der Waals surface area contributed by atoms with Gasteiger partial charge >= 0.3 is 0 Å². The Kier molecular flexibility index (Phi) is 4.17. The third-order valence-electron chi connectivity index (χ3n) is 2.70. The topological polar surface area (TPSA) is 98.2 Å². The highest BCUT2D eigenvalue weighted by molar-refractivity contribution is 7.89. The van der Waals surface area contributed by atoms with E-state index in [2.05, 4.69) is 9.88 Å². The lowest BCUT2D eigenvalue weighted by molar-refractivity contribution is 0.380. The van der Waals surface area contributed by atoms with Crippen LogP contribution in [0.15, 0.2) is 39.9 Å². The summed E-state index contributed by atoms with van der Waals surface area (Å²) < 4.78 is 31.5. The molecule has 0 aliphatic rings. The van der Waals surface area contributed by atoms with Crippen LogP contribution in [0.3, 0.4) is 0 Å². The summed E-state index contributed by atoms with van der Waals surface area (Å²) in [6, 6.07) is 6.17. The predicted molar refractivity (Wildman–Crippen MR) is 77.6 cm³/mol. The van der Waals surface area contributed by atoms with Gasteiger partial charge in [-0.15, -0.1) is 0 Å². The first-order chi connectivity index (χ1) is 9.40. The van der Waals surface area contributed by atoms with Crippen LogP contribution in [0.4, 0.5) is 0 Å². The highest BCUT2D eigenvalue weighted by atomic mass is 32.2. The SMILES string of the molecule is Cc1cc(S(=O)(=O)NCc2ccno2)ccc1C(N)=S. The van der Waals surface area contributed by atoms with Gasteiger partial charge in [-0.1, -0.05) is 23.4 Å². The number of benzene rings is 1. The normalized spacial score (nSPS) is 11.4. The summed E-state index contributed by atoms with van der Waals surface area (Å²) in [5.41, 5.74) is 6.91. The second kappa shape index (κ2) is 5.70. The van der Waals surface area contributed by atoms with Crippen LogP contribution >= 0.6 is 12.2 Å². The number of rotatable bonds is 5. The fourth-order valence-electron chi connectivity index (χ4n) is 1.66. The summed E-state index contributed by atoms with van der Waals surface area (Å²) >= 11 is 4.88. The van der Waals surface area contributed by atoms with Gasteiger partial charge in [-0.2, -0.15) is 0 Å². The molecule has 0 saturated heterocycles. The van der Waals surface area contributed by atoms with Crippen molar-refractivity contribution in [3.8, 4) is 0 Å². The lowest BCUT2D eigenvalue weighted by atomic mass is 10.1. The van der Waals surface area contributed by atoms with Gasteiger partial charge in [0.05, 0.1) is 17.6 Å². The van der Waals surface area contributed by atoms with Crippen LogP contribution in [-0.2, 0) is 16.6 Å². The third-order valence-corrected chi connectivity index (χ3v) is 4.32. The zero-order chi connectivity index (χ0) is 14.8. The highest BCUT2D eigenvalue weighted by Gasteiger charge is 2.16. The molecule has 0 aliphatic heterocycles. The summed E-state index contributed by atoms with van der Waals surface area (Å²) in [5.74, 6) is 0.435. The predicted octanol–water partition coefficient (Wildman–Crippen LogP) is 1.10. The number of nitrogens with zero attached hydrogens (tertiary/aromatic N) is 1. The van der Waals surface area contributed by atoms with Crippen LogP contribution in [0.1, 0.15) is 16.9 Å². The Bertz CT molecular complexity index is 724. The molecule has 6 nitrogen and oxygen atoms in total. The van der Waals surface area contributed by atoms with Crippen molar-refractivity contribution in [3.05, 3.63) is 47.3 Å². The minimum absolute atomic E-state index is 0.0401. The molecule has 0 saturated carbocycles. The molecule has 0 radical (unpaired) electrons. The second-order valence-electron chi connectivity index (χ2n) is 4.14.